The largest absolute Gasteiger partial charge is 0.508 e. The Hall–Kier alpha value is -6.51. The van der Waals surface area contributed by atoms with Gasteiger partial charge in [0.25, 0.3) is 0 Å². The number of aliphatic hydroxyl groups is 3. The zero-order chi connectivity index (χ0) is 65.6. The molecule has 14 unspecified atom stereocenters. The van der Waals surface area contributed by atoms with E-state index in [1.54, 1.807) is 6.07 Å². The number of β-amino-alcohol motifs (C(OH)–C–C–N with tert-alkyl or cyclic N) is 1. The lowest BCUT2D eigenvalue weighted by Crippen LogP contribution is -2.52. The number of aldehydes is 1. The van der Waals surface area contributed by atoms with Crippen LogP contribution in [0.15, 0.2) is 131 Å². The predicted molar refractivity (Wildman–Crippen MR) is 368 cm³/mol. The van der Waals surface area contributed by atoms with Gasteiger partial charge in [0.15, 0.2) is 0 Å². The average Bonchev–Trinajstić information content (AvgIpc) is 1.58. The van der Waals surface area contributed by atoms with Crippen molar-refractivity contribution in [1.29, 1.82) is 0 Å². The molecule has 14 atom stereocenters. The van der Waals surface area contributed by atoms with E-state index in [0.717, 1.165) is 123 Å². The van der Waals surface area contributed by atoms with E-state index >= 15 is 9.59 Å². The van der Waals surface area contributed by atoms with Crippen LogP contribution in [0, 0.1) is 75.9 Å². The van der Waals surface area contributed by atoms with Crippen LogP contribution in [-0.4, -0.2) is 95.9 Å². The summed E-state index contributed by atoms with van der Waals surface area (Å²) < 4.78 is 13.6. The number of hydrogen-bond donors (Lipinski definition) is 9. The van der Waals surface area contributed by atoms with Crippen LogP contribution in [0.5, 0.6) is 5.75 Å². The van der Waals surface area contributed by atoms with E-state index in [1.807, 2.05) is 44.3 Å². The molecule has 3 saturated carbocycles. The molecule has 16 rings (SSSR count). The second kappa shape index (κ2) is 27.4. The molecule has 14 heteroatoms. The Morgan fingerprint density at radius 1 is 0.821 bits per heavy atom. The number of aromatic hydroxyl groups is 1. The molecule has 95 heavy (non-hydrogen) atoms. The van der Waals surface area contributed by atoms with Crippen LogP contribution in [0.25, 0.3) is 16.7 Å². The Labute approximate surface area is 561 Å². The number of cyclic esters (lactones) is 1. The summed E-state index contributed by atoms with van der Waals surface area (Å²) in [7, 11) is 2.04. The monoisotopic (exact) mass is 1290 g/mol. The van der Waals surface area contributed by atoms with Gasteiger partial charge >= 0.3 is 11.9 Å². The first-order valence-electron chi connectivity index (χ1n) is 36.1. The van der Waals surface area contributed by atoms with Gasteiger partial charge in [-0.05, 0) is 258 Å². The first-order chi connectivity index (χ1) is 46.1. The van der Waals surface area contributed by atoms with Crippen LogP contribution in [0.3, 0.4) is 0 Å². The molecule has 6 heterocycles. The highest BCUT2D eigenvalue weighted by Crippen LogP contribution is 2.72. The van der Waals surface area contributed by atoms with Crippen molar-refractivity contribution >= 4 is 23.8 Å². The van der Waals surface area contributed by atoms with E-state index in [-0.39, 0.29) is 90.3 Å². The molecule has 14 bridgehead atoms. The number of nitrogens with one attached hydrogen (secondary N) is 5. The van der Waals surface area contributed by atoms with E-state index in [0.29, 0.717) is 93.7 Å². The molecule has 0 amide bonds. The third-order valence-electron chi connectivity index (χ3n) is 24.7. The standard InChI is InChI=1S/C81H99N5O9/c1-4-31-83-48-54-37-51-23-32-84-47-53-13-10-14-55(39-53)62-18-17-61(89)44-66(62)71-63-21-30-81(69(95-77(91)74(71)81)41-52(25-34-87)36-50-11-6-5-7-12-50)73-64(63)19-20-65-68(94-76(90)72(65)73)22-29-79(59-24-33-85-70(43-59)82-3)45-57-42-60(80(93)27-8-9-28-80)16-15-58(26-35-88)78(2,92)49-86-75(67(57)46-79)56(38-51)40-54/h5-7,10-14,17-18,22,35,37-41,44,52,57-60,63-64,67,70,73,75,82-87,89,92-93H,4,8-9,19-21,23-34,36,42-43,45-49H2,1-3H3. The molecule has 6 aliphatic heterocycles. The fraction of sp³-hybridized carbons (Fsp3) is 0.543. The highest BCUT2D eigenvalue weighted by atomic mass is 16.6. The molecule has 14 nitrogen and oxygen atoms in total. The van der Waals surface area contributed by atoms with Crippen molar-refractivity contribution in [3.63, 3.8) is 0 Å². The summed E-state index contributed by atoms with van der Waals surface area (Å²) in [6, 6.07) is 31.3. The van der Waals surface area contributed by atoms with Gasteiger partial charge in [-0.25, -0.2) is 9.59 Å². The van der Waals surface area contributed by atoms with Gasteiger partial charge in [0.05, 0.1) is 34.3 Å². The quantitative estimate of drug-likeness (QED) is 0.0249. The molecule has 12 aliphatic rings. The number of phenols is 1. The van der Waals surface area contributed by atoms with Crippen molar-refractivity contribution in [3.05, 3.63) is 165 Å². The lowest BCUT2D eigenvalue weighted by Gasteiger charge is -2.56. The zero-order valence-corrected chi connectivity index (χ0v) is 56.0. The molecular formula is C81H99N5O9. The highest BCUT2D eigenvalue weighted by Gasteiger charge is 2.69. The third-order valence-corrected chi connectivity index (χ3v) is 24.7. The predicted octanol–water partition coefficient (Wildman–Crippen LogP) is 11.4. The van der Waals surface area contributed by atoms with Gasteiger partial charge in [0, 0.05) is 61.7 Å². The Balaban J connectivity index is 0.965. The second-order valence-corrected chi connectivity index (χ2v) is 30.4. The van der Waals surface area contributed by atoms with Crippen molar-refractivity contribution in [2.24, 2.45) is 64.1 Å². The number of phenolic OH excluding ortho intramolecular Hbond substituents is 1. The summed E-state index contributed by atoms with van der Waals surface area (Å²) in [5.41, 5.74) is 7.78. The minimum Gasteiger partial charge on any atom is -0.508 e. The number of ether oxygens (including phenoxy) is 2. The number of aliphatic hydroxyl groups excluding tert-OH is 1. The van der Waals surface area contributed by atoms with Gasteiger partial charge in [-0.2, -0.15) is 0 Å². The molecule has 4 aromatic carbocycles. The smallest absolute Gasteiger partial charge is 0.340 e. The fourth-order valence-electron chi connectivity index (χ4n) is 20.2. The number of fused-ring (bicyclic) bond motifs is 5. The van der Waals surface area contributed by atoms with E-state index < -0.39 is 34.4 Å². The molecule has 4 aromatic rings. The second-order valence-electron chi connectivity index (χ2n) is 30.4. The zero-order valence-electron chi connectivity index (χ0n) is 56.0. The summed E-state index contributed by atoms with van der Waals surface area (Å²) >= 11 is 0. The first kappa shape index (κ1) is 65.8. The lowest BCUT2D eigenvalue weighted by molar-refractivity contribution is -0.135. The number of allylic oxidation sites excluding steroid dienone is 5. The minimum absolute atomic E-state index is 0.0240. The maximum Gasteiger partial charge on any atom is 0.340 e. The lowest BCUT2D eigenvalue weighted by atomic mass is 9.44. The number of benzene rings is 4. The number of carbonyl (C=O) groups excluding carboxylic acids is 3. The Morgan fingerprint density at radius 2 is 1.67 bits per heavy atom. The normalized spacial score (nSPS) is 33.3. The van der Waals surface area contributed by atoms with Gasteiger partial charge < -0.3 is 61.3 Å². The van der Waals surface area contributed by atoms with Crippen LogP contribution >= 0.6 is 0 Å². The van der Waals surface area contributed by atoms with Crippen LogP contribution in [0.4, 0.5) is 0 Å². The van der Waals surface area contributed by atoms with Gasteiger partial charge in [-0.1, -0.05) is 104 Å². The number of hydrogen-bond acceptors (Lipinski definition) is 14. The van der Waals surface area contributed by atoms with Gasteiger partial charge in [-0.15, -0.1) is 0 Å². The number of rotatable bonds is 14. The molecule has 0 radical (unpaired) electrons. The molecule has 502 valence electrons. The highest BCUT2D eigenvalue weighted by molar-refractivity contribution is 6.07. The summed E-state index contributed by atoms with van der Waals surface area (Å²) in [5.74, 6) is 6.17. The molecule has 5 fully saturated rings. The molecule has 1 spiro atoms. The number of esters is 2. The van der Waals surface area contributed by atoms with Crippen molar-refractivity contribution in [2.75, 3.05) is 39.8 Å². The first-order valence-corrected chi connectivity index (χ1v) is 36.1. The van der Waals surface area contributed by atoms with E-state index in [1.165, 1.54) is 16.7 Å². The molecule has 9 N–H and O–H groups in total. The maximum atomic E-state index is 15.6. The number of piperidine rings is 1. The van der Waals surface area contributed by atoms with Gasteiger partial charge in [-0.3, -0.25) is 0 Å². The summed E-state index contributed by atoms with van der Waals surface area (Å²) in [4.78, 5) is 43.7. The maximum absolute atomic E-state index is 15.6. The van der Waals surface area contributed by atoms with Crippen LogP contribution in [0.2, 0.25) is 0 Å². The Kier molecular flexibility index (Phi) is 19.0. The van der Waals surface area contributed by atoms with E-state index in [4.69, 9.17) is 9.47 Å². The summed E-state index contributed by atoms with van der Waals surface area (Å²) in [5, 5.41) is 67.0. The van der Waals surface area contributed by atoms with Crippen molar-refractivity contribution in [3.8, 4) is 28.7 Å². The molecule has 0 aromatic heterocycles. The van der Waals surface area contributed by atoms with Crippen LogP contribution < -0.4 is 26.6 Å². The number of carbonyl (C=O) groups is 3. The van der Waals surface area contributed by atoms with Crippen molar-refractivity contribution in [2.45, 2.75) is 172 Å². The molecule has 6 aliphatic carbocycles. The SMILES string of the molecule is CCCNCc1cc2cc(c1)C1NCC(C)(O)C(CC=O)C#CC(C3(O)CCCC3)CC3CC(C4CCNC(NC)C4)(CC=C4OC(=O)C5=C4CCC4C6CCC7(C(=CC(CCO)Cc8ccccc8)OC(=O)C7=C6c6cc(O)ccc6-c6cccc(c6)CNCC2)C54)CC31. The molecular weight excluding hydrogens is 1190 g/mol. The van der Waals surface area contributed by atoms with Gasteiger partial charge in [0.1, 0.15) is 23.6 Å². The van der Waals surface area contributed by atoms with E-state index in [9.17, 15) is 25.2 Å². The third kappa shape index (κ3) is 12.6. The Bertz CT molecular complexity index is 3760. The average molecular weight is 1290 g/mol. The minimum atomic E-state index is -1.39. The van der Waals surface area contributed by atoms with Crippen molar-refractivity contribution in [1.82, 2.24) is 26.6 Å². The molecule has 2 saturated heterocycles. The van der Waals surface area contributed by atoms with Crippen LogP contribution in [0.1, 0.15) is 162 Å². The van der Waals surface area contributed by atoms with Crippen LogP contribution in [-0.2, 0) is 49.8 Å². The Morgan fingerprint density at radius 3 is 2.48 bits per heavy atom. The summed E-state index contributed by atoms with van der Waals surface area (Å²) in [6.07, 6.45) is 19.0. The van der Waals surface area contributed by atoms with Gasteiger partial charge in [0.2, 0.25) is 0 Å². The topological polar surface area (TPSA) is 211 Å². The van der Waals surface area contributed by atoms with E-state index in [2.05, 4.69) is 112 Å². The fourth-order valence-corrected chi connectivity index (χ4v) is 20.2. The summed E-state index contributed by atoms with van der Waals surface area (Å²) in [6.45, 7) is 7.89. The van der Waals surface area contributed by atoms with Crippen molar-refractivity contribution < 1.29 is 44.3 Å².